The molecule has 1 saturated heterocycles. The molecule has 0 spiro atoms. The highest BCUT2D eigenvalue weighted by atomic mass is 35.5. The molecule has 1 fully saturated rings. The first-order valence-corrected chi connectivity index (χ1v) is 6.91. The predicted octanol–water partition coefficient (Wildman–Crippen LogP) is 1.62. The predicted molar refractivity (Wildman–Crippen MR) is 77.3 cm³/mol. The van der Waals surface area contributed by atoms with E-state index in [9.17, 15) is 4.79 Å². The van der Waals surface area contributed by atoms with Gasteiger partial charge >= 0.3 is 0 Å². The highest BCUT2D eigenvalue weighted by molar-refractivity contribution is 6.31. The minimum absolute atomic E-state index is 0.447. The third kappa shape index (κ3) is 3.47. The quantitative estimate of drug-likeness (QED) is 0.885. The Morgan fingerprint density at radius 1 is 1.53 bits per heavy atom. The number of carbonyl (C=O) groups is 1. The lowest BCUT2D eigenvalue weighted by Gasteiger charge is -2.37. The summed E-state index contributed by atoms with van der Waals surface area (Å²) in [6, 6.07) is 6.24. The van der Waals surface area contributed by atoms with E-state index in [1.807, 2.05) is 6.07 Å². The van der Waals surface area contributed by atoms with Gasteiger partial charge in [-0.2, -0.15) is 0 Å². The summed E-state index contributed by atoms with van der Waals surface area (Å²) in [6.07, 6.45) is 0. The lowest BCUT2D eigenvalue weighted by molar-refractivity contribution is 0.1000. The van der Waals surface area contributed by atoms with Gasteiger partial charge in [-0.05, 0) is 31.5 Å². The number of carbonyl (C=O) groups excluding carboxylic acids is 1. The van der Waals surface area contributed by atoms with Gasteiger partial charge in [0, 0.05) is 42.3 Å². The van der Waals surface area contributed by atoms with E-state index in [-0.39, 0.29) is 0 Å². The van der Waals surface area contributed by atoms with Gasteiger partial charge in [0.05, 0.1) is 0 Å². The van der Waals surface area contributed by atoms with Gasteiger partial charge < -0.3 is 11.1 Å². The maximum absolute atomic E-state index is 11.1. The third-order valence-electron chi connectivity index (χ3n) is 3.60. The molecule has 19 heavy (non-hydrogen) atoms. The van der Waals surface area contributed by atoms with E-state index in [0.29, 0.717) is 22.7 Å². The lowest BCUT2D eigenvalue weighted by Crippen LogP contribution is -2.53. The molecule has 1 aromatic rings. The number of benzene rings is 1. The van der Waals surface area contributed by atoms with Gasteiger partial charge in [-0.15, -0.1) is 0 Å². The minimum Gasteiger partial charge on any atom is -0.366 e. The average Bonchev–Trinajstić information content (AvgIpc) is 2.36. The molecule has 1 aliphatic heterocycles. The van der Waals surface area contributed by atoms with Gasteiger partial charge in [0.25, 0.3) is 0 Å². The maximum Gasteiger partial charge on any atom is 0.248 e. The summed E-state index contributed by atoms with van der Waals surface area (Å²) in [5.74, 6) is -0.447. The number of nitrogens with two attached hydrogens (primary N) is 1. The summed E-state index contributed by atoms with van der Waals surface area (Å²) in [4.78, 5) is 13.5. The zero-order valence-electron chi connectivity index (χ0n) is 11.3. The normalized spacial score (nSPS) is 24.4. The van der Waals surface area contributed by atoms with Crippen molar-refractivity contribution >= 4 is 17.5 Å². The summed E-state index contributed by atoms with van der Waals surface area (Å²) in [5, 5.41) is 4.06. The SMILES string of the molecule is CC1CN(Cc2ccc(C(N)=O)cc2Cl)C(C)CN1. The van der Waals surface area contributed by atoms with Crippen LogP contribution >= 0.6 is 11.6 Å². The zero-order valence-corrected chi connectivity index (χ0v) is 12.1. The summed E-state index contributed by atoms with van der Waals surface area (Å²) < 4.78 is 0. The van der Waals surface area contributed by atoms with E-state index in [2.05, 4.69) is 24.1 Å². The molecule has 4 nitrogen and oxygen atoms in total. The number of hydrogen-bond acceptors (Lipinski definition) is 3. The Balaban J connectivity index is 2.12. The second kappa shape index (κ2) is 5.90. The van der Waals surface area contributed by atoms with Crippen molar-refractivity contribution in [2.75, 3.05) is 13.1 Å². The largest absolute Gasteiger partial charge is 0.366 e. The second-order valence-corrected chi connectivity index (χ2v) is 5.67. The molecule has 5 heteroatoms. The van der Waals surface area contributed by atoms with Crippen LogP contribution in [0.4, 0.5) is 0 Å². The van der Waals surface area contributed by atoms with E-state index in [0.717, 1.165) is 25.2 Å². The van der Waals surface area contributed by atoms with Crippen molar-refractivity contribution in [1.29, 1.82) is 0 Å². The molecule has 104 valence electrons. The van der Waals surface area contributed by atoms with Gasteiger partial charge in [-0.25, -0.2) is 0 Å². The summed E-state index contributed by atoms with van der Waals surface area (Å²) >= 11 is 6.23. The van der Waals surface area contributed by atoms with Crippen LogP contribution in [0.2, 0.25) is 5.02 Å². The number of piperazine rings is 1. The number of nitrogens with one attached hydrogen (secondary N) is 1. The van der Waals surface area contributed by atoms with Crippen LogP contribution in [0.15, 0.2) is 18.2 Å². The van der Waals surface area contributed by atoms with E-state index in [1.165, 1.54) is 0 Å². The molecule has 1 amide bonds. The van der Waals surface area contributed by atoms with Crippen LogP contribution in [-0.2, 0) is 6.54 Å². The van der Waals surface area contributed by atoms with Gasteiger partial charge in [-0.1, -0.05) is 17.7 Å². The fourth-order valence-corrected chi connectivity index (χ4v) is 2.61. The number of nitrogens with zero attached hydrogens (tertiary/aromatic N) is 1. The van der Waals surface area contributed by atoms with Gasteiger partial charge in [0.2, 0.25) is 5.91 Å². The van der Waals surface area contributed by atoms with Crippen molar-refractivity contribution in [3.05, 3.63) is 34.3 Å². The molecular weight excluding hydrogens is 262 g/mol. The number of rotatable bonds is 3. The highest BCUT2D eigenvalue weighted by Crippen LogP contribution is 2.21. The highest BCUT2D eigenvalue weighted by Gasteiger charge is 2.22. The number of hydrogen-bond donors (Lipinski definition) is 2. The molecule has 0 aliphatic carbocycles. The number of primary amides is 1. The number of amides is 1. The van der Waals surface area contributed by atoms with Crippen LogP contribution in [-0.4, -0.2) is 36.0 Å². The second-order valence-electron chi connectivity index (χ2n) is 5.26. The van der Waals surface area contributed by atoms with Gasteiger partial charge in [-0.3, -0.25) is 9.69 Å². The zero-order chi connectivity index (χ0) is 14.0. The molecular formula is C14H20ClN3O. The molecule has 2 unspecified atom stereocenters. The third-order valence-corrected chi connectivity index (χ3v) is 3.96. The molecule has 0 radical (unpaired) electrons. The van der Waals surface area contributed by atoms with E-state index in [4.69, 9.17) is 17.3 Å². The molecule has 1 aromatic carbocycles. The van der Waals surface area contributed by atoms with Crippen molar-refractivity contribution in [2.24, 2.45) is 5.73 Å². The Labute approximate surface area is 118 Å². The van der Waals surface area contributed by atoms with E-state index in [1.54, 1.807) is 12.1 Å². The molecule has 3 N–H and O–H groups in total. The summed E-state index contributed by atoms with van der Waals surface area (Å²) in [6.45, 7) is 7.15. The Bertz CT molecular complexity index is 478. The topological polar surface area (TPSA) is 58.4 Å². The molecule has 0 saturated carbocycles. The van der Waals surface area contributed by atoms with Gasteiger partial charge in [0.15, 0.2) is 0 Å². The Hall–Kier alpha value is -1.10. The van der Waals surface area contributed by atoms with E-state index >= 15 is 0 Å². The van der Waals surface area contributed by atoms with Crippen molar-refractivity contribution in [3.8, 4) is 0 Å². The summed E-state index contributed by atoms with van der Waals surface area (Å²) in [7, 11) is 0. The van der Waals surface area contributed by atoms with Crippen molar-refractivity contribution in [2.45, 2.75) is 32.5 Å². The Morgan fingerprint density at radius 3 is 2.89 bits per heavy atom. The van der Waals surface area contributed by atoms with Crippen molar-refractivity contribution in [3.63, 3.8) is 0 Å². The van der Waals surface area contributed by atoms with Crippen LogP contribution in [0.1, 0.15) is 29.8 Å². The van der Waals surface area contributed by atoms with Crippen LogP contribution < -0.4 is 11.1 Å². The monoisotopic (exact) mass is 281 g/mol. The average molecular weight is 282 g/mol. The van der Waals surface area contributed by atoms with Crippen molar-refractivity contribution < 1.29 is 4.79 Å². The molecule has 0 bridgehead atoms. The summed E-state index contributed by atoms with van der Waals surface area (Å²) in [5.41, 5.74) is 6.73. The molecule has 2 rings (SSSR count). The first-order chi connectivity index (χ1) is 8.97. The molecule has 1 heterocycles. The van der Waals surface area contributed by atoms with Crippen LogP contribution in [0.3, 0.4) is 0 Å². The smallest absolute Gasteiger partial charge is 0.248 e. The van der Waals surface area contributed by atoms with Crippen LogP contribution in [0.5, 0.6) is 0 Å². The fourth-order valence-electron chi connectivity index (χ4n) is 2.37. The number of halogens is 1. The first-order valence-electron chi connectivity index (χ1n) is 6.53. The van der Waals surface area contributed by atoms with Crippen molar-refractivity contribution in [1.82, 2.24) is 10.2 Å². The fraction of sp³-hybridized carbons (Fsp3) is 0.500. The minimum atomic E-state index is -0.447. The van der Waals surface area contributed by atoms with Gasteiger partial charge in [0.1, 0.15) is 0 Å². The lowest BCUT2D eigenvalue weighted by atomic mass is 10.1. The standard InChI is InChI=1S/C14H20ClN3O/c1-9-7-18(10(2)6-17-9)8-12-4-3-11(14(16)19)5-13(12)15/h3-5,9-10,17H,6-8H2,1-2H3,(H2,16,19). The Morgan fingerprint density at radius 2 is 2.26 bits per heavy atom. The van der Waals surface area contributed by atoms with E-state index < -0.39 is 5.91 Å². The molecule has 2 atom stereocenters. The van der Waals surface area contributed by atoms with Crippen LogP contribution in [0, 0.1) is 0 Å². The Kier molecular flexibility index (Phi) is 4.45. The molecule has 1 aliphatic rings. The first kappa shape index (κ1) is 14.3. The molecule has 0 aromatic heterocycles. The maximum atomic E-state index is 11.1. The van der Waals surface area contributed by atoms with Crippen LogP contribution in [0.25, 0.3) is 0 Å².